The van der Waals surface area contributed by atoms with Crippen LogP contribution < -0.4 is 5.32 Å². The van der Waals surface area contributed by atoms with Gasteiger partial charge in [-0.15, -0.1) is 0 Å². The average molecular weight is 183 g/mol. The van der Waals surface area contributed by atoms with E-state index in [0.717, 1.165) is 18.2 Å². The van der Waals surface area contributed by atoms with Crippen LogP contribution in [-0.2, 0) is 0 Å². The molecule has 0 spiro atoms. The Morgan fingerprint density at radius 1 is 1.36 bits per heavy atom. The summed E-state index contributed by atoms with van der Waals surface area (Å²) in [5, 5.41) is 0.0353. The van der Waals surface area contributed by atoms with Gasteiger partial charge in [-0.05, 0) is 18.7 Å². The summed E-state index contributed by atoms with van der Waals surface area (Å²) < 4.78 is 25.4. The van der Waals surface area contributed by atoms with Crippen LogP contribution in [0.25, 0.3) is 0 Å². The monoisotopic (exact) mass is 183 g/mol. The molecule has 11 heavy (non-hydrogen) atoms. The predicted molar refractivity (Wildman–Crippen MR) is 46.2 cm³/mol. The van der Waals surface area contributed by atoms with Gasteiger partial charge in [0.2, 0.25) is 0 Å². The van der Waals surface area contributed by atoms with E-state index in [9.17, 15) is 8.78 Å². The van der Waals surface area contributed by atoms with Crippen molar-refractivity contribution in [1.29, 1.82) is 0 Å². The first-order valence-electron chi connectivity index (χ1n) is 3.85. The molecule has 0 bridgehead atoms. The lowest BCUT2D eigenvalue weighted by atomic mass is 10.6. The van der Waals surface area contributed by atoms with Crippen LogP contribution in [0.3, 0.4) is 0 Å². The van der Waals surface area contributed by atoms with Crippen molar-refractivity contribution in [2.75, 3.05) is 18.8 Å². The second-order valence-corrected chi connectivity index (χ2v) is 3.56. The van der Waals surface area contributed by atoms with E-state index in [4.69, 9.17) is 0 Å². The largest absolute Gasteiger partial charge is 0.311 e. The third-order valence-electron chi connectivity index (χ3n) is 1.10. The molecule has 0 aliphatic carbocycles. The van der Waals surface area contributed by atoms with Gasteiger partial charge in [0.05, 0.1) is 6.54 Å². The van der Waals surface area contributed by atoms with Crippen LogP contribution in [0, 0.1) is 0 Å². The summed E-state index contributed by atoms with van der Waals surface area (Å²) in [6, 6.07) is 0. The quantitative estimate of drug-likeness (QED) is 0.678. The van der Waals surface area contributed by atoms with Gasteiger partial charge in [-0.25, -0.2) is 0 Å². The molecule has 0 aromatic carbocycles. The highest BCUT2D eigenvalue weighted by Gasteiger charge is 2.27. The summed E-state index contributed by atoms with van der Waals surface area (Å²) in [6.07, 6.45) is 0.798. The average Bonchev–Trinajstić information content (AvgIpc) is 1.97. The third-order valence-corrected chi connectivity index (χ3v) is 2.28. The minimum absolute atomic E-state index is 0.214. The molecular weight excluding hydrogens is 168 g/mol. The van der Waals surface area contributed by atoms with E-state index in [1.54, 1.807) is 0 Å². The molecule has 0 unspecified atom stereocenters. The van der Waals surface area contributed by atoms with Gasteiger partial charge in [0.1, 0.15) is 0 Å². The van der Waals surface area contributed by atoms with Crippen LogP contribution in [-0.4, -0.2) is 24.1 Å². The maximum Gasteiger partial charge on any atom is 0.306 e. The molecule has 0 atom stereocenters. The lowest BCUT2D eigenvalue weighted by Gasteiger charge is -2.14. The van der Waals surface area contributed by atoms with Gasteiger partial charge in [0.15, 0.2) is 0 Å². The van der Waals surface area contributed by atoms with Gasteiger partial charge in [-0.3, -0.25) is 0 Å². The first kappa shape index (κ1) is 11.2. The minimum Gasteiger partial charge on any atom is -0.311 e. The van der Waals surface area contributed by atoms with E-state index in [1.165, 1.54) is 0 Å². The number of nitrogens with one attached hydrogen (secondary N) is 1. The zero-order valence-electron chi connectivity index (χ0n) is 6.99. The van der Waals surface area contributed by atoms with Crippen LogP contribution in [0.5, 0.6) is 0 Å². The smallest absolute Gasteiger partial charge is 0.306 e. The second kappa shape index (κ2) is 5.77. The first-order valence-corrected chi connectivity index (χ1v) is 4.83. The number of halogens is 2. The van der Waals surface area contributed by atoms with E-state index in [1.807, 2.05) is 13.8 Å². The summed E-state index contributed by atoms with van der Waals surface area (Å²) in [7, 11) is 0. The molecule has 0 fully saturated rings. The molecule has 4 heteroatoms. The van der Waals surface area contributed by atoms with Crippen molar-refractivity contribution in [3.8, 4) is 0 Å². The molecule has 0 saturated carbocycles. The molecule has 0 aliphatic heterocycles. The molecular formula is C7H15F2NS. The zero-order valence-corrected chi connectivity index (χ0v) is 7.81. The fourth-order valence-electron chi connectivity index (χ4n) is 0.573. The number of hydrogen-bond donors (Lipinski definition) is 1. The highest BCUT2D eigenvalue weighted by Crippen LogP contribution is 2.28. The molecule has 0 amide bonds. The van der Waals surface area contributed by atoms with Crippen molar-refractivity contribution in [3.63, 3.8) is 0 Å². The van der Waals surface area contributed by atoms with Crippen LogP contribution in [0.1, 0.15) is 20.3 Å². The molecule has 0 aromatic heterocycles. The summed E-state index contributed by atoms with van der Waals surface area (Å²) in [5.74, 6) is 0.526. The van der Waals surface area contributed by atoms with Crippen LogP contribution >= 0.6 is 11.8 Å². The van der Waals surface area contributed by atoms with Crippen molar-refractivity contribution in [2.24, 2.45) is 0 Å². The van der Waals surface area contributed by atoms with E-state index >= 15 is 0 Å². The molecule has 0 aliphatic rings. The molecule has 0 heterocycles. The predicted octanol–water partition coefficient (Wildman–Crippen LogP) is 2.33. The molecule has 0 saturated heterocycles. The highest BCUT2D eigenvalue weighted by atomic mass is 32.2. The first-order chi connectivity index (χ1) is 5.12. The summed E-state index contributed by atoms with van der Waals surface area (Å²) in [4.78, 5) is 0. The van der Waals surface area contributed by atoms with Crippen molar-refractivity contribution in [2.45, 2.75) is 25.5 Å². The minimum atomic E-state index is -2.59. The number of thioether (sulfide) groups is 1. The second-order valence-electron chi connectivity index (χ2n) is 2.27. The highest BCUT2D eigenvalue weighted by molar-refractivity contribution is 8.00. The van der Waals surface area contributed by atoms with Gasteiger partial charge < -0.3 is 5.32 Å². The van der Waals surface area contributed by atoms with E-state index < -0.39 is 5.25 Å². The molecule has 0 rings (SSSR count). The van der Waals surface area contributed by atoms with E-state index in [2.05, 4.69) is 5.32 Å². The summed E-state index contributed by atoms with van der Waals surface area (Å²) in [6.45, 7) is 4.10. The van der Waals surface area contributed by atoms with Crippen LogP contribution in [0.2, 0.25) is 0 Å². The molecule has 0 radical (unpaired) electrons. The molecule has 1 N–H and O–H groups in total. The Balaban J connectivity index is 3.43. The fourth-order valence-corrected chi connectivity index (χ4v) is 1.28. The Morgan fingerprint density at radius 2 is 2.00 bits per heavy atom. The maximum absolute atomic E-state index is 12.7. The van der Waals surface area contributed by atoms with Crippen molar-refractivity contribution in [1.82, 2.24) is 5.32 Å². The van der Waals surface area contributed by atoms with Gasteiger partial charge >= 0.3 is 5.25 Å². The third kappa shape index (κ3) is 6.56. The number of rotatable bonds is 6. The van der Waals surface area contributed by atoms with Gasteiger partial charge in [-0.1, -0.05) is 25.6 Å². The fraction of sp³-hybridized carbons (Fsp3) is 1.00. The van der Waals surface area contributed by atoms with E-state index in [-0.39, 0.29) is 6.54 Å². The Hall–Kier alpha value is 0.170. The lowest BCUT2D eigenvalue weighted by molar-refractivity contribution is 0.105. The SMILES string of the molecule is CCCSC(F)(F)CNCC. The van der Waals surface area contributed by atoms with E-state index in [0.29, 0.717) is 12.3 Å². The topological polar surface area (TPSA) is 12.0 Å². The zero-order chi connectivity index (χ0) is 8.74. The standard InChI is InChI=1S/C7H15F2NS/c1-3-5-11-7(8,9)6-10-4-2/h10H,3-6H2,1-2H3. The van der Waals surface area contributed by atoms with Gasteiger partial charge in [0, 0.05) is 0 Å². The Labute approximate surface area is 70.9 Å². The Kier molecular flexibility index (Phi) is 5.86. The molecule has 0 aromatic rings. The van der Waals surface area contributed by atoms with Gasteiger partial charge in [0.25, 0.3) is 0 Å². The number of hydrogen-bond acceptors (Lipinski definition) is 2. The lowest BCUT2D eigenvalue weighted by Crippen LogP contribution is -2.29. The maximum atomic E-state index is 12.7. The normalized spacial score (nSPS) is 12.0. The Morgan fingerprint density at radius 3 is 2.45 bits per heavy atom. The van der Waals surface area contributed by atoms with Crippen LogP contribution in [0.15, 0.2) is 0 Å². The van der Waals surface area contributed by atoms with Crippen LogP contribution in [0.4, 0.5) is 8.78 Å². The van der Waals surface area contributed by atoms with Crippen molar-refractivity contribution < 1.29 is 8.78 Å². The summed E-state index contributed by atoms with van der Waals surface area (Å²) >= 11 is 0.723. The molecule has 1 nitrogen and oxygen atoms in total. The van der Waals surface area contributed by atoms with Crippen molar-refractivity contribution >= 4 is 11.8 Å². The summed E-state index contributed by atoms with van der Waals surface area (Å²) in [5.41, 5.74) is 0. The molecule has 68 valence electrons. The number of alkyl halides is 2. The Bertz CT molecular complexity index is 88.4. The van der Waals surface area contributed by atoms with Gasteiger partial charge in [-0.2, -0.15) is 8.78 Å². The van der Waals surface area contributed by atoms with Crippen molar-refractivity contribution in [3.05, 3.63) is 0 Å².